The zero-order valence-corrected chi connectivity index (χ0v) is 14.0. The van der Waals surface area contributed by atoms with Gasteiger partial charge >= 0.3 is 0 Å². The molecule has 1 saturated heterocycles. The summed E-state index contributed by atoms with van der Waals surface area (Å²) in [6.07, 6.45) is 5.11. The number of hydrogen-bond donors (Lipinski definition) is 0. The first-order chi connectivity index (χ1) is 11.2. The first kappa shape index (κ1) is 15.1. The number of nitrogens with zero attached hydrogens (tertiary/aromatic N) is 4. The minimum Gasteiger partial charge on any atom is -0.378 e. The van der Waals surface area contributed by atoms with Crippen LogP contribution in [0.1, 0.15) is 41.0 Å². The molecule has 1 saturated carbocycles. The molecular weight excluding hydrogens is 292 g/mol. The number of rotatable bonds is 3. The van der Waals surface area contributed by atoms with E-state index in [1.54, 1.807) is 0 Å². The number of hydrogen-bond acceptors (Lipinski definition) is 4. The summed E-state index contributed by atoms with van der Waals surface area (Å²) in [5.74, 6) is 0.969. The van der Waals surface area contributed by atoms with Crippen molar-refractivity contribution in [3.63, 3.8) is 0 Å². The standard InChI is InChI=1S/C17H26N4O2/c1-19-15-12-20(11-13-3-2-4-13)6-5-14(15)16(18-19)17(22)21-7-9-23-10-8-21/h13H,2-12H2,1H3. The van der Waals surface area contributed by atoms with E-state index in [1.807, 2.05) is 16.6 Å². The molecule has 0 N–H and O–H groups in total. The minimum absolute atomic E-state index is 0.0811. The van der Waals surface area contributed by atoms with Crippen LogP contribution in [0.25, 0.3) is 0 Å². The van der Waals surface area contributed by atoms with Gasteiger partial charge in [-0.05, 0) is 25.2 Å². The molecule has 0 atom stereocenters. The van der Waals surface area contributed by atoms with Gasteiger partial charge in [0, 0.05) is 45.3 Å². The van der Waals surface area contributed by atoms with E-state index in [1.165, 1.54) is 37.1 Å². The van der Waals surface area contributed by atoms with Crippen LogP contribution in [-0.4, -0.2) is 64.9 Å². The summed E-state index contributed by atoms with van der Waals surface area (Å²) in [6, 6.07) is 0. The monoisotopic (exact) mass is 318 g/mol. The average molecular weight is 318 g/mol. The highest BCUT2D eigenvalue weighted by Crippen LogP contribution is 2.30. The molecule has 3 heterocycles. The Labute approximate surface area is 137 Å². The molecule has 2 aliphatic heterocycles. The molecule has 1 aromatic rings. The third-order valence-electron chi connectivity index (χ3n) is 5.57. The Hall–Kier alpha value is -1.40. The Bertz CT molecular complexity index is 588. The zero-order valence-electron chi connectivity index (χ0n) is 14.0. The summed E-state index contributed by atoms with van der Waals surface area (Å²) >= 11 is 0. The first-order valence-electron chi connectivity index (χ1n) is 8.86. The van der Waals surface area contributed by atoms with Gasteiger partial charge in [0.15, 0.2) is 5.69 Å². The number of amides is 1. The summed E-state index contributed by atoms with van der Waals surface area (Å²) < 4.78 is 7.27. The summed E-state index contributed by atoms with van der Waals surface area (Å²) in [6.45, 7) is 5.82. The van der Waals surface area contributed by atoms with Crippen LogP contribution in [0.15, 0.2) is 0 Å². The van der Waals surface area contributed by atoms with Crippen LogP contribution in [0.5, 0.6) is 0 Å². The molecule has 126 valence electrons. The fourth-order valence-corrected chi connectivity index (χ4v) is 3.91. The second-order valence-corrected chi connectivity index (χ2v) is 7.08. The molecule has 1 aliphatic carbocycles. The van der Waals surface area contributed by atoms with Gasteiger partial charge in [0.2, 0.25) is 0 Å². The number of ether oxygens (including phenoxy) is 1. The Morgan fingerprint density at radius 3 is 2.74 bits per heavy atom. The van der Waals surface area contributed by atoms with Gasteiger partial charge in [-0.1, -0.05) is 6.42 Å². The van der Waals surface area contributed by atoms with Crippen molar-refractivity contribution in [2.45, 2.75) is 32.2 Å². The van der Waals surface area contributed by atoms with Crippen LogP contribution in [0, 0.1) is 5.92 Å². The minimum atomic E-state index is 0.0811. The fraction of sp³-hybridized carbons (Fsp3) is 0.765. The molecule has 4 rings (SSSR count). The van der Waals surface area contributed by atoms with Crippen molar-refractivity contribution >= 4 is 5.91 Å². The van der Waals surface area contributed by atoms with E-state index >= 15 is 0 Å². The summed E-state index contributed by atoms with van der Waals surface area (Å²) in [5, 5.41) is 4.57. The van der Waals surface area contributed by atoms with Crippen LogP contribution in [0.3, 0.4) is 0 Å². The summed E-state index contributed by atoms with van der Waals surface area (Å²) in [5.41, 5.74) is 3.08. The molecule has 1 amide bonds. The molecule has 0 radical (unpaired) electrons. The summed E-state index contributed by atoms with van der Waals surface area (Å²) in [7, 11) is 1.97. The van der Waals surface area contributed by atoms with E-state index in [0.717, 1.165) is 25.4 Å². The molecule has 0 bridgehead atoms. The van der Waals surface area contributed by atoms with Gasteiger partial charge in [0.05, 0.1) is 18.9 Å². The third kappa shape index (κ3) is 2.90. The van der Waals surface area contributed by atoms with Gasteiger partial charge in [-0.25, -0.2) is 0 Å². The van der Waals surface area contributed by atoms with Gasteiger partial charge in [-0.3, -0.25) is 14.4 Å². The molecule has 3 aliphatic rings. The second kappa shape index (κ2) is 6.24. The van der Waals surface area contributed by atoms with Crippen molar-refractivity contribution < 1.29 is 9.53 Å². The van der Waals surface area contributed by atoms with Gasteiger partial charge in [-0.15, -0.1) is 0 Å². The maximum atomic E-state index is 12.8. The maximum Gasteiger partial charge on any atom is 0.274 e. The lowest BCUT2D eigenvalue weighted by Crippen LogP contribution is -2.41. The molecule has 0 unspecified atom stereocenters. The lowest BCUT2D eigenvalue weighted by Gasteiger charge is -2.34. The number of carbonyl (C=O) groups is 1. The van der Waals surface area contributed by atoms with Crippen LogP contribution < -0.4 is 0 Å². The van der Waals surface area contributed by atoms with Crippen molar-refractivity contribution in [1.29, 1.82) is 0 Å². The van der Waals surface area contributed by atoms with Gasteiger partial charge in [0.25, 0.3) is 5.91 Å². The molecule has 23 heavy (non-hydrogen) atoms. The van der Waals surface area contributed by atoms with Crippen LogP contribution in [0.2, 0.25) is 0 Å². The van der Waals surface area contributed by atoms with E-state index in [9.17, 15) is 4.79 Å². The number of morpholine rings is 1. The van der Waals surface area contributed by atoms with E-state index < -0.39 is 0 Å². The SMILES string of the molecule is Cn1nc(C(=O)N2CCOCC2)c2c1CN(CC1CCC1)CC2. The Kier molecular flexibility index (Phi) is 4.11. The smallest absolute Gasteiger partial charge is 0.274 e. The molecule has 6 nitrogen and oxygen atoms in total. The third-order valence-corrected chi connectivity index (χ3v) is 5.57. The lowest BCUT2D eigenvalue weighted by molar-refractivity contribution is 0.0297. The van der Waals surface area contributed by atoms with Crippen LogP contribution >= 0.6 is 0 Å². The zero-order chi connectivity index (χ0) is 15.8. The highest BCUT2D eigenvalue weighted by atomic mass is 16.5. The predicted molar refractivity (Wildman–Crippen MR) is 86.3 cm³/mol. The molecule has 0 aromatic carbocycles. The number of carbonyl (C=O) groups excluding carboxylic acids is 1. The number of aromatic nitrogens is 2. The summed E-state index contributed by atoms with van der Waals surface area (Å²) in [4.78, 5) is 17.2. The van der Waals surface area contributed by atoms with Crippen molar-refractivity contribution in [2.75, 3.05) is 39.4 Å². The molecule has 6 heteroatoms. The van der Waals surface area contributed by atoms with Crippen molar-refractivity contribution in [2.24, 2.45) is 13.0 Å². The number of fused-ring (bicyclic) bond motifs is 1. The van der Waals surface area contributed by atoms with Gasteiger partial charge in [-0.2, -0.15) is 5.10 Å². The molecule has 1 aromatic heterocycles. The van der Waals surface area contributed by atoms with E-state index in [0.29, 0.717) is 32.0 Å². The highest BCUT2D eigenvalue weighted by Gasteiger charge is 2.31. The topological polar surface area (TPSA) is 50.6 Å². The Morgan fingerprint density at radius 2 is 2.04 bits per heavy atom. The van der Waals surface area contributed by atoms with Gasteiger partial charge in [0.1, 0.15) is 0 Å². The first-order valence-corrected chi connectivity index (χ1v) is 8.86. The molecule has 0 spiro atoms. The van der Waals surface area contributed by atoms with Crippen molar-refractivity contribution in [3.8, 4) is 0 Å². The average Bonchev–Trinajstić information content (AvgIpc) is 2.88. The van der Waals surface area contributed by atoms with E-state index in [4.69, 9.17) is 4.74 Å². The number of aryl methyl sites for hydroxylation is 1. The van der Waals surface area contributed by atoms with E-state index in [-0.39, 0.29) is 5.91 Å². The van der Waals surface area contributed by atoms with E-state index in [2.05, 4.69) is 10.00 Å². The van der Waals surface area contributed by atoms with Crippen molar-refractivity contribution in [1.82, 2.24) is 19.6 Å². The molecule has 2 fully saturated rings. The Balaban J connectivity index is 1.50. The maximum absolute atomic E-state index is 12.8. The predicted octanol–water partition coefficient (Wildman–Crippen LogP) is 1.05. The lowest BCUT2D eigenvalue weighted by atomic mass is 9.84. The quantitative estimate of drug-likeness (QED) is 0.836. The molecular formula is C17H26N4O2. The normalized spacial score (nSPS) is 22.7. The van der Waals surface area contributed by atoms with Gasteiger partial charge < -0.3 is 9.64 Å². The Morgan fingerprint density at radius 1 is 1.26 bits per heavy atom. The van der Waals surface area contributed by atoms with Crippen LogP contribution in [-0.2, 0) is 24.8 Å². The fourth-order valence-electron chi connectivity index (χ4n) is 3.91. The van der Waals surface area contributed by atoms with Crippen LogP contribution in [0.4, 0.5) is 0 Å². The van der Waals surface area contributed by atoms with Crippen molar-refractivity contribution in [3.05, 3.63) is 17.0 Å². The second-order valence-electron chi connectivity index (χ2n) is 7.08. The largest absolute Gasteiger partial charge is 0.378 e. The highest BCUT2D eigenvalue weighted by molar-refractivity contribution is 5.94.